The fourth-order valence-electron chi connectivity index (χ4n) is 4.05. The molecule has 0 spiro atoms. The van der Waals surface area contributed by atoms with Crippen molar-refractivity contribution in [3.63, 3.8) is 0 Å². The Kier molecular flexibility index (Phi) is 9.32. The number of aliphatic hydroxyl groups excluding tert-OH is 2. The van der Waals surface area contributed by atoms with Gasteiger partial charge in [0, 0.05) is 12.0 Å². The molecule has 3 atom stereocenters. The highest BCUT2D eigenvalue weighted by molar-refractivity contribution is 5.95. The molecule has 3 rings (SSSR count). The van der Waals surface area contributed by atoms with Gasteiger partial charge in [-0.25, -0.2) is 9.07 Å². The Morgan fingerprint density at radius 2 is 1.70 bits per heavy atom. The number of aliphatic carboxylic acids is 1. The van der Waals surface area contributed by atoms with Gasteiger partial charge in [-0.2, -0.15) is 5.10 Å². The number of nitrogens with zero attached hydrogens (tertiary/aromatic N) is 2. The third-order valence-electron chi connectivity index (χ3n) is 5.87. The van der Waals surface area contributed by atoms with E-state index in [4.69, 9.17) is 5.11 Å². The van der Waals surface area contributed by atoms with E-state index in [1.165, 1.54) is 35.0 Å². The lowest BCUT2D eigenvalue weighted by Crippen LogP contribution is -2.28. The fourth-order valence-corrected chi connectivity index (χ4v) is 4.05. The second-order valence-electron chi connectivity index (χ2n) is 9.21. The minimum Gasteiger partial charge on any atom is -0.481 e. The first kappa shape index (κ1) is 27.8. The van der Waals surface area contributed by atoms with E-state index in [2.05, 4.69) is 10.4 Å². The summed E-state index contributed by atoms with van der Waals surface area (Å²) in [5, 5.41) is 36.6. The van der Waals surface area contributed by atoms with Crippen LogP contribution in [0.15, 0.2) is 60.7 Å². The highest BCUT2D eigenvalue weighted by atomic mass is 19.1. The molecule has 8 nitrogen and oxygen atoms in total. The summed E-state index contributed by atoms with van der Waals surface area (Å²) in [6, 6.07) is 14.9. The van der Waals surface area contributed by atoms with Gasteiger partial charge in [0.25, 0.3) is 5.91 Å². The smallest absolute Gasteiger partial charge is 0.305 e. The summed E-state index contributed by atoms with van der Waals surface area (Å²) in [7, 11) is 0. The van der Waals surface area contributed by atoms with E-state index in [9.17, 15) is 24.2 Å². The van der Waals surface area contributed by atoms with Gasteiger partial charge in [-0.1, -0.05) is 50.3 Å². The second-order valence-corrected chi connectivity index (χ2v) is 9.21. The van der Waals surface area contributed by atoms with E-state index in [0.29, 0.717) is 16.9 Å². The van der Waals surface area contributed by atoms with Gasteiger partial charge in [-0.15, -0.1) is 0 Å². The Bertz CT molecular complexity index is 1240. The molecular weight excluding hydrogens is 477 g/mol. The predicted octanol–water partition coefficient (Wildman–Crippen LogP) is 4.23. The van der Waals surface area contributed by atoms with E-state index in [1.54, 1.807) is 6.08 Å². The zero-order valence-corrected chi connectivity index (χ0v) is 21.0. The number of hydrogen-bond donors (Lipinski definition) is 4. The van der Waals surface area contributed by atoms with Gasteiger partial charge in [0.2, 0.25) is 0 Å². The van der Waals surface area contributed by atoms with Crippen LogP contribution >= 0.6 is 0 Å². The molecule has 0 bridgehead atoms. The maximum absolute atomic E-state index is 13.6. The molecule has 196 valence electrons. The van der Waals surface area contributed by atoms with Gasteiger partial charge >= 0.3 is 5.97 Å². The van der Waals surface area contributed by atoms with Crippen LogP contribution in [0.1, 0.15) is 72.9 Å². The molecule has 4 N–H and O–H groups in total. The largest absolute Gasteiger partial charge is 0.481 e. The minimum absolute atomic E-state index is 0.142. The minimum atomic E-state index is -1.22. The summed E-state index contributed by atoms with van der Waals surface area (Å²) < 4.78 is 15.1. The van der Waals surface area contributed by atoms with Crippen molar-refractivity contribution in [1.82, 2.24) is 15.1 Å². The second kappa shape index (κ2) is 12.4. The monoisotopic (exact) mass is 509 g/mol. The molecule has 0 aliphatic carbocycles. The molecule has 1 heterocycles. The predicted molar refractivity (Wildman–Crippen MR) is 138 cm³/mol. The van der Waals surface area contributed by atoms with Crippen LogP contribution in [0.2, 0.25) is 0 Å². The van der Waals surface area contributed by atoms with Crippen LogP contribution in [-0.4, -0.2) is 49.2 Å². The molecule has 0 saturated carbocycles. The van der Waals surface area contributed by atoms with Crippen LogP contribution in [0, 0.1) is 5.82 Å². The van der Waals surface area contributed by atoms with E-state index in [1.807, 2.05) is 51.1 Å². The van der Waals surface area contributed by atoms with E-state index < -0.39 is 30.4 Å². The molecule has 1 amide bonds. The number of hydrogen-bond acceptors (Lipinski definition) is 5. The van der Waals surface area contributed by atoms with Crippen molar-refractivity contribution in [2.75, 3.05) is 0 Å². The average molecular weight is 510 g/mol. The highest BCUT2D eigenvalue weighted by Crippen LogP contribution is 2.28. The lowest BCUT2D eigenvalue weighted by molar-refractivity contribution is -0.139. The van der Waals surface area contributed by atoms with Crippen LogP contribution in [0.25, 0.3) is 11.8 Å². The molecule has 0 aliphatic heterocycles. The Morgan fingerprint density at radius 3 is 2.30 bits per heavy atom. The van der Waals surface area contributed by atoms with Crippen molar-refractivity contribution in [3.8, 4) is 5.69 Å². The Morgan fingerprint density at radius 1 is 1.05 bits per heavy atom. The standard InChI is InChI=1S/C28H32FN3O5/c1-17(2)26-24(14-13-22(33)15-23(34)16-25(35)36)32(21-11-9-20(29)10-12-21)31-27(26)28(37)30-18(3)19-7-5-4-6-8-19/h4-14,17-18,22-23,33-34H,15-16H2,1-3H3,(H,30,37)(H,35,36)/t18?,22-,23+/m0/s1. The molecule has 0 radical (unpaired) electrons. The van der Waals surface area contributed by atoms with Gasteiger partial charge in [0.1, 0.15) is 5.82 Å². The van der Waals surface area contributed by atoms with Crippen LogP contribution in [0.3, 0.4) is 0 Å². The summed E-state index contributed by atoms with van der Waals surface area (Å²) in [5.41, 5.74) is 2.77. The Hall–Kier alpha value is -3.82. The molecule has 1 aromatic heterocycles. The van der Waals surface area contributed by atoms with Gasteiger partial charge in [0.05, 0.1) is 36.1 Å². The molecule has 9 heteroatoms. The molecule has 0 saturated heterocycles. The van der Waals surface area contributed by atoms with Crippen LogP contribution < -0.4 is 5.32 Å². The number of carbonyl (C=O) groups excluding carboxylic acids is 1. The Labute approximate surface area is 215 Å². The van der Waals surface area contributed by atoms with Crippen molar-refractivity contribution in [2.45, 2.75) is 57.8 Å². The third-order valence-corrected chi connectivity index (χ3v) is 5.87. The molecule has 1 unspecified atom stereocenters. The van der Waals surface area contributed by atoms with Gasteiger partial charge in [-0.3, -0.25) is 9.59 Å². The lowest BCUT2D eigenvalue weighted by Gasteiger charge is -2.15. The van der Waals surface area contributed by atoms with Crippen molar-refractivity contribution in [1.29, 1.82) is 0 Å². The molecule has 2 aromatic carbocycles. The number of nitrogens with one attached hydrogen (secondary N) is 1. The van der Waals surface area contributed by atoms with Crippen molar-refractivity contribution in [3.05, 3.63) is 89.0 Å². The number of carboxylic acid groups (broad SMARTS) is 1. The summed E-state index contributed by atoms with van der Waals surface area (Å²) >= 11 is 0. The van der Waals surface area contributed by atoms with Crippen molar-refractivity contribution in [2.24, 2.45) is 0 Å². The molecular formula is C28H32FN3O5. The van der Waals surface area contributed by atoms with E-state index >= 15 is 0 Å². The summed E-state index contributed by atoms with van der Waals surface area (Å²) in [6.45, 7) is 5.69. The first-order valence-electron chi connectivity index (χ1n) is 12.1. The van der Waals surface area contributed by atoms with Crippen LogP contribution in [0.4, 0.5) is 4.39 Å². The summed E-state index contributed by atoms with van der Waals surface area (Å²) in [6.07, 6.45) is -0.0129. The number of aromatic nitrogens is 2. The summed E-state index contributed by atoms with van der Waals surface area (Å²) in [5.74, 6) is -2.11. The number of halogens is 1. The average Bonchev–Trinajstić information content (AvgIpc) is 3.23. The van der Waals surface area contributed by atoms with Crippen LogP contribution in [0.5, 0.6) is 0 Å². The third kappa shape index (κ3) is 7.34. The molecule has 3 aromatic rings. The molecule has 0 aliphatic rings. The molecule has 37 heavy (non-hydrogen) atoms. The van der Waals surface area contributed by atoms with Crippen LogP contribution in [-0.2, 0) is 4.79 Å². The number of rotatable bonds is 11. The van der Waals surface area contributed by atoms with Gasteiger partial charge in [-0.05, 0) is 48.7 Å². The lowest BCUT2D eigenvalue weighted by atomic mass is 9.98. The van der Waals surface area contributed by atoms with Gasteiger partial charge in [0.15, 0.2) is 5.69 Å². The zero-order valence-electron chi connectivity index (χ0n) is 21.0. The topological polar surface area (TPSA) is 125 Å². The fraction of sp³-hybridized carbons (Fsp3) is 0.321. The number of amides is 1. The van der Waals surface area contributed by atoms with Crippen molar-refractivity contribution >= 4 is 18.0 Å². The number of carbonyl (C=O) groups is 2. The molecule has 0 fully saturated rings. The maximum Gasteiger partial charge on any atom is 0.305 e. The maximum atomic E-state index is 13.6. The van der Waals surface area contributed by atoms with Crippen molar-refractivity contribution < 1.29 is 29.3 Å². The zero-order chi connectivity index (χ0) is 27.1. The number of aliphatic hydroxyl groups is 2. The number of benzene rings is 2. The van der Waals surface area contributed by atoms with Gasteiger partial charge < -0.3 is 20.6 Å². The Balaban J connectivity index is 2.00. The SMILES string of the molecule is CC(C)c1c(C(=O)NC(C)c2ccccc2)nn(-c2ccc(F)cc2)c1C=C[C@H](O)C[C@@H](O)CC(=O)O. The van der Waals surface area contributed by atoms with E-state index in [-0.39, 0.29) is 30.0 Å². The quantitative estimate of drug-likeness (QED) is 0.307. The highest BCUT2D eigenvalue weighted by Gasteiger charge is 2.26. The number of carboxylic acids is 1. The first-order chi connectivity index (χ1) is 17.6. The van der Waals surface area contributed by atoms with E-state index in [0.717, 1.165) is 5.56 Å². The first-order valence-corrected chi connectivity index (χ1v) is 12.1. The summed E-state index contributed by atoms with van der Waals surface area (Å²) in [4.78, 5) is 24.2. The normalized spacial score (nSPS) is 14.0.